The van der Waals surface area contributed by atoms with Crippen LogP contribution in [0.15, 0.2) is 67.0 Å². The molecule has 0 aliphatic heterocycles. The molecule has 0 spiro atoms. The van der Waals surface area contributed by atoms with E-state index in [4.69, 9.17) is 4.52 Å². The average molecular weight is 360 g/mol. The predicted octanol–water partition coefficient (Wildman–Crippen LogP) is 4.67. The third kappa shape index (κ3) is 5.94. The van der Waals surface area contributed by atoms with Gasteiger partial charge in [0.1, 0.15) is 0 Å². The summed E-state index contributed by atoms with van der Waals surface area (Å²) in [5.74, 6) is 1.24. The van der Waals surface area contributed by atoms with Crippen LogP contribution in [0.3, 0.4) is 0 Å². The molecule has 25 heavy (non-hydrogen) atoms. The first-order chi connectivity index (χ1) is 12.0. The number of para-hydroxylation sites is 1. The van der Waals surface area contributed by atoms with Gasteiger partial charge in [0, 0.05) is 18.4 Å². The molecule has 0 aromatic heterocycles. The minimum atomic E-state index is -3.25. The van der Waals surface area contributed by atoms with Crippen LogP contribution in [0.4, 0.5) is 5.69 Å². The molecule has 2 rings (SSSR count). The van der Waals surface area contributed by atoms with Crippen molar-refractivity contribution in [2.75, 3.05) is 6.54 Å². The molecular weight excluding hydrogens is 339 g/mol. The average Bonchev–Trinajstić information content (AvgIpc) is 2.64. The predicted molar refractivity (Wildman–Crippen MR) is 98.5 cm³/mol. The molecule has 7 heteroatoms. The Hall–Kier alpha value is -2.27. The molecule has 2 aromatic carbocycles. The van der Waals surface area contributed by atoms with Crippen LogP contribution in [0, 0.1) is 10.1 Å². The summed E-state index contributed by atoms with van der Waals surface area (Å²) in [6.07, 6.45) is 1.64. The monoisotopic (exact) mass is 360 g/mol. The Balaban J connectivity index is 1.87. The minimum absolute atomic E-state index is 0.0535. The largest absolute Gasteiger partial charge is 0.310 e. The summed E-state index contributed by atoms with van der Waals surface area (Å²) in [6, 6.07) is 16.2. The van der Waals surface area contributed by atoms with E-state index in [9.17, 15) is 14.7 Å². The van der Waals surface area contributed by atoms with E-state index in [1.54, 1.807) is 18.2 Å². The Bertz CT molecular complexity index is 765. The summed E-state index contributed by atoms with van der Waals surface area (Å²) in [5.41, 5.74) is 1.53. The first kappa shape index (κ1) is 19.1. The Labute approximate surface area is 147 Å². The molecule has 0 radical (unpaired) electrons. The summed E-state index contributed by atoms with van der Waals surface area (Å²) in [5, 5.41) is 13.9. The molecule has 0 aliphatic rings. The van der Waals surface area contributed by atoms with Crippen LogP contribution in [0.1, 0.15) is 17.5 Å². The van der Waals surface area contributed by atoms with E-state index in [0.717, 1.165) is 12.8 Å². The van der Waals surface area contributed by atoms with Crippen molar-refractivity contribution < 1.29 is 14.0 Å². The van der Waals surface area contributed by atoms with E-state index in [1.807, 2.05) is 30.3 Å². The molecule has 0 aliphatic carbocycles. The van der Waals surface area contributed by atoms with E-state index < -0.39 is 12.4 Å². The van der Waals surface area contributed by atoms with Crippen molar-refractivity contribution in [3.8, 4) is 0 Å². The normalized spacial score (nSPS) is 13.1. The summed E-state index contributed by atoms with van der Waals surface area (Å²) in [4.78, 5) is 10.5. The standard InChI is InChI=1S/C18H21N2O4P/c1-2-25(23,19-14-8-11-16-9-4-3-5-10-16)24-15-17-12-6-7-13-18(17)20(21)22/h2-7,9-10,12-13H,1,8,11,14-15H2,(H,19,23). The van der Waals surface area contributed by atoms with Gasteiger partial charge in [0.15, 0.2) is 0 Å². The summed E-state index contributed by atoms with van der Waals surface area (Å²) in [6.45, 7) is 3.93. The lowest BCUT2D eigenvalue weighted by atomic mass is 10.1. The van der Waals surface area contributed by atoms with Crippen molar-refractivity contribution in [1.82, 2.24) is 5.09 Å². The van der Waals surface area contributed by atoms with E-state index in [-0.39, 0.29) is 12.3 Å². The van der Waals surface area contributed by atoms with E-state index in [2.05, 4.69) is 11.7 Å². The van der Waals surface area contributed by atoms with Gasteiger partial charge in [0.2, 0.25) is 0 Å². The van der Waals surface area contributed by atoms with E-state index in [0.29, 0.717) is 12.1 Å². The SMILES string of the molecule is C=CP(=O)(NCCCc1ccccc1)OCc1ccccc1[N+](=O)[O-]. The minimum Gasteiger partial charge on any atom is -0.310 e. The van der Waals surface area contributed by atoms with Gasteiger partial charge in [-0.2, -0.15) is 0 Å². The van der Waals surface area contributed by atoms with Crippen molar-refractivity contribution in [3.63, 3.8) is 0 Å². The Morgan fingerprint density at radius 2 is 1.84 bits per heavy atom. The lowest BCUT2D eigenvalue weighted by Crippen LogP contribution is -2.13. The number of nitro benzene ring substituents is 1. The molecule has 0 bridgehead atoms. The third-order valence-electron chi connectivity index (χ3n) is 3.66. The van der Waals surface area contributed by atoms with Gasteiger partial charge in [-0.3, -0.25) is 14.7 Å². The quantitative estimate of drug-likeness (QED) is 0.288. The Kier molecular flexibility index (Phi) is 7.07. The van der Waals surface area contributed by atoms with Gasteiger partial charge in [-0.15, -0.1) is 0 Å². The third-order valence-corrected chi connectivity index (χ3v) is 5.32. The highest BCUT2D eigenvalue weighted by Gasteiger charge is 2.20. The van der Waals surface area contributed by atoms with Crippen LogP contribution < -0.4 is 5.09 Å². The van der Waals surface area contributed by atoms with Crippen molar-refractivity contribution >= 4 is 13.2 Å². The zero-order chi connectivity index (χ0) is 18.1. The summed E-state index contributed by atoms with van der Waals surface area (Å²) < 4.78 is 18.1. The van der Waals surface area contributed by atoms with E-state index in [1.165, 1.54) is 17.4 Å². The van der Waals surface area contributed by atoms with Gasteiger partial charge in [0.05, 0.1) is 17.1 Å². The van der Waals surface area contributed by atoms with Crippen molar-refractivity contribution in [2.45, 2.75) is 19.4 Å². The number of nitro groups is 1. The number of nitrogens with zero attached hydrogens (tertiary/aromatic N) is 1. The van der Waals surface area contributed by atoms with Gasteiger partial charge >= 0.3 is 0 Å². The molecule has 0 saturated carbocycles. The van der Waals surface area contributed by atoms with Gasteiger partial charge in [0.25, 0.3) is 13.2 Å². The molecule has 1 atom stereocenters. The second kappa shape index (κ2) is 9.28. The summed E-state index contributed by atoms with van der Waals surface area (Å²) >= 11 is 0. The molecule has 0 heterocycles. The fourth-order valence-corrected chi connectivity index (χ4v) is 3.44. The molecule has 1 unspecified atom stereocenters. The zero-order valence-corrected chi connectivity index (χ0v) is 14.7. The van der Waals surface area contributed by atoms with Crippen LogP contribution in [0.25, 0.3) is 0 Å². The molecule has 0 amide bonds. The first-order valence-electron chi connectivity index (χ1n) is 7.93. The second-order valence-corrected chi connectivity index (χ2v) is 7.57. The van der Waals surface area contributed by atoms with E-state index >= 15 is 0 Å². The highest BCUT2D eigenvalue weighted by atomic mass is 31.2. The fourth-order valence-electron chi connectivity index (χ4n) is 2.31. The van der Waals surface area contributed by atoms with Crippen molar-refractivity contribution in [2.24, 2.45) is 0 Å². The highest BCUT2D eigenvalue weighted by Crippen LogP contribution is 2.44. The molecular formula is C18H21N2O4P. The molecule has 132 valence electrons. The summed E-state index contributed by atoms with van der Waals surface area (Å²) in [7, 11) is -3.25. The maximum atomic E-state index is 12.6. The fraction of sp³-hybridized carbons (Fsp3) is 0.222. The van der Waals surface area contributed by atoms with Crippen molar-refractivity contribution in [1.29, 1.82) is 0 Å². The van der Waals surface area contributed by atoms with Crippen LogP contribution in [-0.2, 0) is 22.1 Å². The van der Waals surface area contributed by atoms with Gasteiger partial charge in [-0.25, -0.2) is 5.09 Å². The number of aryl methyl sites for hydroxylation is 1. The smallest absolute Gasteiger partial charge is 0.292 e. The number of nitrogens with one attached hydrogen (secondary N) is 1. The lowest BCUT2D eigenvalue weighted by Gasteiger charge is -2.16. The van der Waals surface area contributed by atoms with Crippen LogP contribution in [0.5, 0.6) is 0 Å². The topological polar surface area (TPSA) is 81.5 Å². The Morgan fingerprint density at radius 1 is 1.16 bits per heavy atom. The molecule has 2 aromatic rings. The number of rotatable bonds is 10. The van der Waals surface area contributed by atoms with Crippen molar-refractivity contribution in [3.05, 3.63) is 88.2 Å². The van der Waals surface area contributed by atoms with Gasteiger partial charge < -0.3 is 4.52 Å². The van der Waals surface area contributed by atoms with Crippen LogP contribution in [-0.4, -0.2) is 11.5 Å². The molecule has 0 saturated heterocycles. The van der Waals surface area contributed by atoms with Crippen LogP contribution in [0.2, 0.25) is 0 Å². The lowest BCUT2D eigenvalue weighted by molar-refractivity contribution is -0.385. The maximum absolute atomic E-state index is 12.6. The van der Waals surface area contributed by atoms with Gasteiger partial charge in [-0.05, 0) is 24.5 Å². The molecule has 6 nitrogen and oxygen atoms in total. The zero-order valence-electron chi connectivity index (χ0n) is 13.8. The maximum Gasteiger partial charge on any atom is 0.292 e. The molecule has 0 fully saturated rings. The molecule has 1 N–H and O–H groups in total. The highest BCUT2D eigenvalue weighted by molar-refractivity contribution is 7.60. The Morgan fingerprint density at radius 3 is 2.52 bits per heavy atom. The first-order valence-corrected chi connectivity index (χ1v) is 9.63. The van der Waals surface area contributed by atoms with Gasteiger partial charge in [-0.1, -0.05) is 49.0 Å². The van der Waals surface area contributed by atoms with Crippen LogP contribution >= 0.6 is 7.52 Å². The number of hydrogen-bond acceptors (Lipinski definition) is 4. The second-order valence-electron chi connectivity index (χ2n) is 5.44. The number of hydrogen-bond donors (Lipinski definition) is 1. The number of benzene rings is 2.